The molecule has 1 aromatic carbocycles. The van der Waals surface area contributed by atoms with Crippen molar-refractivity contribution < 1.29 is 35.9 Å². The first-order chi connectivity index (χ1) is 14.6. The van der Waals surface area contributed by atoms with Gasteiger partial charge in [-0.1, -0.05) is 6.07 Å². The number of benzene rings is 1. The van der Waals surface area contributed by atoms with Gasteiger partial charge < -0.3 is 15.4 Å². The molecule has 1 atom stereocenters. The molecule has 1 saturated heterocycles. The van der Waals surface area contributed by atoms with Crippen molar-refractivity contribution in [3.63, 3.8) is 0 Å². The Hall–Kier alpha value is -2.34. The van der Waals surface area contributed by atoms with Crippen molar-refractivity contribution in [2.45, 2.75) is 63.4 Å². The summed E-state index contributed by atoms with van der Waals surface area (Å²) in [6, 6.07) is 3.43. The Morgan fingerprint density at radius 3 is 2.28 bits per heavy atom. The highest BCUT2D eigenvalue weighted by Gasteiger charge is 2.35. The van der Waals surface area contributed by atoms with E-state index in [9.17, 15) is 31.2 Å². The minimum atomic E-state index is -4.94. The molecule has 0 aliphatic carbocycles. The molecule has 1 unspecified atom stereocenters. The highest BCUT2D eigenvalue weighted by atomic mass is 32.2. The van der Waals surface area contributed by atoms with Gasteiger partial charge in [-0.05, 0) is 52.7 Å². The van der Waals surface area contributed by atoms with Gasteiger partial charge in [-0.3, -0.25) is 9.59 Å². The van der Waals surface area contributed by atoms with Crippen LogP contribution in [0.25, 0.3) is 0 Å². The van der Waals surface area contributed by atoms with Crippen LogP contribution in [0.3, 0.4) is 0 Å². The molecule has 8 nitrogen and oxygen atoms in total. The normalized spacial score (nSPS) is 17.5. The number of hydrogen-bond acceptors (Lipinski definition) is 5. The molecule has 0 bridgehead atoms. The zero-order valence-corrected chi connectivity index (χ0v) is 19.1. The Balaban J connectivity index is 1.97. The van der Waals surface area contributed by atoms with Crippen LogP contribution in [0.15, 0.2) is 29.2 Å². The lowest BCUT2D eigenvalue weighted by Crippen LogP contribution is -2.52. The standard InChI is InChI=1S/C20H28F3N3O5S/c1-13(17(27)25-19(2,3)4)24-18(28)14-8-10-26(11-9-14)32(29,30)16-7-5-6-15(12-16)31-20(21,22)23/h5-7,12-14H,8-11H2,1-4H3,(H,24,28)(H,25,27). The first-order valence-corrected chi connectivity index (χ1v) is 11.5. The summed E-state index contributed by atoms with van der Waals surface area (Å²) in [6.45, 7) is 7.07. The molecule has 0 radical (unpaired) electrons. The number of piperidine rings is 1. The van der Waals surface area contributed by atoms with Gasteiger partial charge in [0.25, 0.3) is 0 Å². The average molecular weight is 480 g/mol. The Kier molecular flexibility index (Phi) is 7.82. The van der Waals surface area contributed by atoms with E-state index in [0.29, 0.717) is 0 Å². The molecule has 2 rings (SSSR count). The fraction of sp³-hybridized carbons (Fsp3) is 0.600. The van der Waals surface area contributed by atoms with Gasteiger partial charge >= 0.3 is 6.36 Å². The number of amides is 2. The molecule has 1 aliphatic rings. The van der Waals surface area contributed by atoms with Gasteiger partial charge in [-0.25, -0.2) is 8.42 Å². The van der Waals surface area contributed by atoms with Crippen LogP contribution in [0.1, 0.15) is 40.5 Å². The van der Waals surface area contributed by atoms with Gasteiger partial charge in [0.15, 0.2) is 0 Å². The van der Waals surface area contributed by atoms with E-state index in [0.717, 1.165) is 22.5 Å². The molecule has 2 N–H and O–H groups in total. The Bertz CT molecular complexity index is 937. The molecule has 180 valence electrons. The van der Waals surface area contributed by atoms with Crippen molar-refractivity contribution in [3.8, 4) is 5.75 Å². The number of nitrogens with one attached hydrogen (secondary N) is 2. The minimum Gasteiger partial charge on any atom is -0.406 e. The van der Waals surface area contributed by atoms with Crippen LogP contribution in [0, 0.1) is 5.92 Å². The maximum absolute atomic E-state index is 12.8. The monoisotopic (exact) mass is 479 g/mol. The van der Waals surface area contributed by atoms with E-state index in [1.807, 2.05) is 20.8 Å². The van der Waals surface area contributed by atoms with E-state index < -0.39 is 39.6 Å². The molecular weight excluding hydrogens is 451 g/mol. The van der Waals surface area contributed by atoms with Crippen molar-refractivity contribution in [2.24, 2.45) is 5.92 Å². The van der Waals surface area contributed by atoms with Crippen molar-refractivity contribution in [1.29, 1.82) is 0 Å². The van der Waals surface area contributed by atoms with Crippen LogP contribution >= 0.6 is 0 Å². The van der Waals surface area contributed by atoms with Gasteiger partial charge in [-0.15, -0.1) is 13.2 Å². The minimum absolute atomic E-state index is 0.0212. The van der Waals surface area contributed by atoms with Gasteiger partial charge in [-0.2, -0.15) is 4.31 Å². The van der Waals surface area contributed by atoms with E-state index in [-0.39, 0.29) is 42.6 Å². The largest absolute Gasteiger partial charge is 0.573 e. The molecule has 2 amide bonds. The number of carbonyl (C=O) groups excluding carboxylic acids is 2. The lowest BCUT2D eigenvalue weighted by molar-refractivity contribution is -0.274. The van der Waals surface area contributed by atoms with Crippen molar-refractivity contribution in [2.75, 3.05) is 13.1 Å². The second-order valence-electron chi connectivity index (χ2n) is 8.67. The molecule has 1 aliphatic heterocycles. The third-order valence-electron chi connectivity index (χ3n) is 4.75. The SMILES string of the molecule is CC(NC(=O)C1CCN(S(=O)(=O)c2cccc(OC(F)(F)F)c2)CC1)C(=O)NC(C)(C)C. The smallest absolute Gasteiger partial charge is 0.406 e. The fourth-order valence-electron chi connectivity index (χ4n) is 3.21. The Morgan fingerprint density at radius 2 is 1.75 bits per heavy atom. The number of hydrogen-bond donors (Lipinski definition) is 2. The second kappa shape index (κ2) is 9.65. The molecule has 32 heavy (non-hydrogen) atoms. The zero-order chi connectivity index (χ0) is 24.3. The van der Waals surface area contributed by atoms with E-state index in [1.54, 1.807) is 6.92 Å². The van der Waals surface area contributed by atoms with Crippen LogP contribution in [-0.4, -0.2) is 55.6 Å². The lowest BCUT2D eigenvalue weighted by Gasteiger charge is -2.31. The van der Waals surface area contributed by atoms with Crippen LogP contribution in [0.5, 0.6) is 5.75 Å². The number of ether oxygens (including phenoxy) is 1. The molecule has 0 aromatic heterocycles. The molecular formula is C20H28F3N3O5S. The summed E-state index contributed by atoms with van der Waals surface area (Å²) in [4.78, 5) is 24.3. The molecule has 0 spiro atoms. The summed E-state index contributed by atoms with van der Waals surface area (Å²) in [5.41, 5.74) is -0.446. The summed E-state index contributed by atoms with van der Waals surface area (Å²) < 4.78 is 67.8. The van der Waals surface area contributed by atoms with E-state index in [2.05, 4.69) is 15.4 Å². The summed E-state index contributed by atoms with van der Waals surface area (Å²) >= 11 is 0. The van der Waals surface area contributed by atoms with Crippen LogP contribution in [0.4, 0.5) is 13.2 Å². The third kappa shape index (κ3) is 7.37. The lowest BCUT2D eigenvalue weighted by atomic mass is 9.97. The van der Waals surface area contributed by atoms with E-state index >= 15 is 0 Å². The molecule has 1 aromatic rings. The number of carbonyl (C=O) groups is 2. The van der Waals surface area contributed by atoms with Crippen LogP contribution in [0.2, 0.25) is 0 Å². The zero-order valence-electron chi connectivity index (χ0n) is 18.3. The van der Waals surface area contributed by atoms with Crippen molar-refractivity contribution in [1.82, 2.24) is 14.9 Å². The number of alkyl halides is 3. The summed E-state index contributed by atoms with van der Waals surface area (Å²) in [5, 5.41) is 5.41. The second-order valence-corrected chi connectivity index (χ2v) is 10.6. The highest BCUT2D eigenvalue weighted by molar-refractivity contribution is 7.89. The molecule has 12 heteroatoms. The Labute approximate surface area is 185 Å². The first kappa shape index (κ1) is 25.9. The topological polar surface area (TPSA) is 105 Å². The molecule has 1 fully saturated rings. The molecule has 0 saturated carbocycles. The van der Waals surface area contributed by atoms with Gasteiger partial charge in [0.2, 0.25) is 21.8 Å². The maximum atomic E-state index is 12.8. The van der Waals surface area contributed by atoms with Crippen LogP contribution in [-0.2, 0) is 19.6 Å². The highest BCUT2D eigenvalue weighted by Crippen LogP contribution is 2.28. The predicted octanol–water partition coefficient (Wildman–Crippen LogP) is 2.41. The third-order valence-corrected chi connectivity index (χ3v) is 6.65. The number of nitrogens with zero attached hydrogens (tertiary/aromatic N) is 1. The Morgan fingerprint density at radius 1 is 1.16 bits per heavy atom. The van der Waals surface area contributed by atoms with E-state index in [1.165, 1.54) is 6.07 Å². The predicted molar refractivity (Wildman–Crippen MR) is 110 cm³/mol. The van der Waals surface area contributed by atoms with Gasteiger partial charge in [0.05, 0.1) is 4.90 Å². The average Bonchev–Trinajstić information content (AvgIpc) is 2.65. The summed E-state index contributed by atoms with van der Waals surface area (Å²) in [6.07, 6.45) is -4.50. The molecule has 1 heterocycles. The number of rotatable bonds is 6. The van der Waals surface area contributed by atoms with Crippen molar-refractivity contribution >= 4 is 21.8 Å². The number of halogens is 3. The van der Waals surface area contributed by atoms with Gasteiger partial charge in [0, 0.05) is 30.6 Å². The first-order valence-electron chi connectivity index (χ1n) is 10.1. The quantitative estimate of drug-likeness (QED) is 0.652. The summed E-state index contributed by atoms with van der Waals surface area (Å²) in [5.74, 6) is -1.78. The summed E-state index contributed by atoms with van der Waals surface area (Å²) in [7, 11) is -4.06. The van der Waals surface area contributed by atoms with Crippen LogP contribution < -0.4 is 15.4 Å². The maximum Gasteiger partial charge on any atom is 0.573 e. The number of sulfonamides is 1. The fourth-order valence-corrected chi connectivity index (χ4v) is 4.72. The van der Waals surface area contributed by atoms with E-state index in [4.69, 9.17) is 0 Å². The van der Waals surface area contributed by atoms with Gasteiger partial charge in [0.1, 0.15) is 11.8 Å². The van der Waals surface area contributed by atoms with Crippen molar-refractivity contribution in [3.05, 3.63) is 24.3 Å².